The second-order valence-electron chi connectivity index (χ2n) is 2.92. The zero-order chi connectivity index (χ0) is 11.0. The maximum atomic E-state index is 11.2. The molecule has 0 saturated heterocycles. The minimum absolute atomic E-state index is 0.404. The molecule has 0 radical (unpaired) electrons. The van der Waals surface area contributed by atoms with E-state index >= 15 is 0 Å². The smallest absolute Gasteiger partial charge is 0.255 e. The van der Waals surface area contributed by atoms with Crippen molar-refractivity contribution < 1.29 is 4.79 Å². The first-order valence-electron chi connectivity index (χ1n) is 4.03. The van der Waals surface area contributed by atoms with Gasteiger partial charge in [0.25, 0.3) is 5.24 Å². The van der Waals surface area contributed by atoms with Crippen molar-refractivity contribution >= 4 is 59.6 Å². The molecular formula is C10H4Br2ClNO. The highest BCUT2D eigenvalue weighted by Gasteiger charge is 2.13. The monoisotopic (exact) mass is 347 g/mol. The van der Waals surface area contributed by atoms with Crippen LogP contribution in [0.2, 0.25) is 0 Å². The van der Waals surface area contributed by atoms with Gasteiger partial charge in [0.05, 0.1) is 11.1 Å². The second-order valence-corrected chi connectivity index (χ2v) is 5.03. The number of fused-ring (bicyclic) bond motifs is 1. The van der Waals surface area contributed by atoms with Gasteiger partial charge in [0.1, 0.15) is 0 Å². The van der Waals surface area contributed by atoms with E-state index in [4.69, 9.17) is 11.6 Å². The standard InChI is InChI=1S/C10H4Br2ClNO/c11-6-3-5-1-2-7(12)8(10(13)15)9(5)14-4-6/h1-4H. The summed E-state index contributed by atoms with van der Waals surface area (Å²) in [5.41, 5.74) is 1.01. The fourth-order valence-electron chi connectivity index (χ4n) is 1.34. The summed E-state index contributed by atoms with van der Waals surface area (Å²) >= 11 is 12.1. The van der Waals surface area contributed by atoms with E-state index in [2.05, 4.69) is 36.8 Å². The van der Waals surface area contributed by atoms with Crippen LogP contribution < -0.4 is 0 Å². The van der Waals surface area contributed by atoms with Crippen LogP contribution in [-0.2, 0) is 0 Å². The molecule has 0 fully saturated rings. The van der Waals surface area contributed by atoms with E-state index in [0.29, 0.717) is 15.6 Å². The quantitative estimate of drug-likeness (QED) is 0.725. The number of pyridine rings is 1. The number of aromatic nitrogens is 1. The van der Waals surface area contributed by atoms with Gasteiger partial charge in [-0.15, -0.1) is 0 Å². The summed E-state index contributed by atoms with van der Waals surface area (Å²) in [5.74, 6) is 0. The highest BCUT2D eigenvalue weighted by Crippen LogP contribution is 2.27. The Morgan fingerprint density at radius 1 is 1.33 bits per heavy atom. The van der Waals surface area contributed by atoms with E-state index in [1.165, 1.54) is 0 Å². The molecule has 0 atom stereocenters. The first-order valence-corrected chi connectivity index (χ1v) is 5.99. The molecule has 2 aromatic rings. The summed E-state index contributed by atoms with van der Waals surface area (Å²) in [5, 5.41) is 0.360. The van der Waals surface area contributed by atoms with Gasteiger partial charge in [-0.1, -0.05) is 6.07 Å². The van der Waals surface area contributed by atoms with Crippen molar-refractivity contribution in [3.05, 3.63) is 38.9 Å². The van der Waals surface area contributed by atoms with Crippen LogP contribution in [0.1, 0.15) is 10.4 Å². The molecule has 5 heteroatoms. The number of halogens is 3. The molecule has 0 aliphatic heterocycles. The maximum absolute atomic E-state index is 11.2. The van der Waals surface area contributed by atoms with Gasteiger partial charge < -0.3 is 0 Å². The van der Waals surface area contributed by atoms with Crippen LogP contribution in [0.5, 0.6) is 0 Å². The lowest BCUT2D eigenvalue weighted by Crippen LogP contribution is -1.94. The zero-order valence-corrected chi connectivity index (χ0v) is 11.2. The molecule has 0 bridgehead atoms. The minimum Gasteiger partial charge on any atom is -0.275 e. The van der Waals surface area contributed by atoms with Gasteiger partial charge in [0.15, 0.2) is 0 Å². The van der Waals surface area contributed by atoms with Crippen LogP contribution >= 0.6 is 43.5 Å². The lowest BCUT2D eigenvalue weighted by atomic mass is 10.1. The number of hydrogen-bond donors (Lipinski definition) is 0. The molecule has 0 unspecified atom stereocenters. The molecule has 1 heterocycles. The normalized spacial score (nSPS) is 10.6. The SMILES string of the molecule is O=C(Cl)c1c(Br)ccc2cc(Br)cnc12. The van der Waals surface area contributed by atoms with Crippen LogP contribution in [0.3, 0.4) is 0 Å². The molecule has 0 amide bonds. The van der Waals surface area contributed by atoms with Gasteiger partial charge in [-0.05, 0) is 55.6 Å². The molecule has 2 nitrogen and oxygen atoms in total. The topological polar surface area (TPSA) is 30.0 Å². The predicted molar refractivity (Wildman–Crippen MR) is 67.3 cm³/mol. The van der Waals surface area contributed by atoms with Gasteiger partial charge in [-0.2, -0.15) is 0 Å². The van der Waals surface area contributed by atoms with Gasteiger partial charge >= 0.3 is 0 Å². The Labute approximate surface area is 108 Å². The summed E-state index contributed by atoms with van der Waals surface area (Å²) in [6.45, 7) is 0. The average Bonchev–Trinajstić information content (AvgIpc) is 2.17. The number of carbonyl (C=O) groups excluding carboxylic acids is 1. The van der Waals surface area contributed by atoms with E-state index in [0.717, 1.165) is 9.86 Å². The number of rotatable bonds is 1. The number of hydrogen-bond acceptors (Lipinski definition) is 2. The first kappa shape index (κ1) is 11.0. The van der Waals surface area contributed by atoms with Gasteiger partial charge in [0.2, 0.25) is 0 Å². The maximum Gasteiger partial charge on any atom is 0.255 e. The van der Waals surface area contributed by atoms with Gasteiger partial charge in [0, 0.05) is 20.5 Å². The van der Waals surface area contributed by atoms with E-state index < -0.39 is 5.24 Å². The third-order valence-electron chi connectivity index (χ3n) is 1.97. The van der Waals surface area contributed by atoms with Crippen molar-refractivity contribution in [3.8, 4) is 0 Å². The van der Waals surface area contributed by atoms with Crippen molar-refractivity contribution in [3.63, 3.8) is 0 Å². The third kappa shape index (κ3) is 2.07. The Bertz CT molecular complexity index is 556. The summed E-state index contributed by atoms with van der Waals surface area (Å²) in [6.07, 6.45) is 1.64. The molecule has 15 heavy (non-hydrogen) atoms. The highest BCUT2D eigenvalue weighted by atomic mass is 79.9. The largest absolute Gasteiger partial charge is 0.275 e. The lowest BCUT2D eigenvalue weighted by molar-refractivity contribution is 0.108. The molecule has 1 aromatic carbocycles. The molecule has 0 aliphatic rings. The lowest BCUT2D eigenvalue weighted by Gasteiger charge is -2.04. The predicted octanol–water partition coefficient (Wildman–Crippen LogP) is 4.14. The average molecular weight is 349 g/mol. The summed E-state index contributed by atoms with van der Waals surface area (Å²) in [7, 11) is 0. The van der Waals surface area contributed by atoms with Crippen molar-refractivity contribution in [1.29, 1.82) is 0 Å². The van der Waals surface area contributed by atoms with Crippen LogP contribution in [0, 0.1) is 0 Å². The van der Waals surface area contributed by atoms with Crippen molar-refractivity contribution in [1.82, 2.24) is 4.98 Å². The second kappa shape index (κ2) is 4.20. The van der Waals surface area contributed by atoms with Crippen molar-refractivity contribution in [2.75, 3.05) is 0 Å². The van der Waals surface area contributed by atoms with Gasteiger partial charge in [-0.25, -0.2) is 0 Å². The Morgan fingerprint density at radius 3 is 2.73 bits per heavy atom. The van der Waals surface area contributed by atoms with Crippen LogP contribution in [0.15, 0.2) is 33.3 Å². The Kier molecular flexibility index (Phi) is 3.09. The minimum atomic E-state index is -0.512. The van der Waals surface area contributed by atoms with E-state index in [1.807, 2.05) is 12.1 Å². The third-order valence-corrected chi connectivity index (χ3v) is 3.25. The van der Waals surface area contributed by atoms with Gasteiger partial charge in [-0.3, -0.25) is 9.78 Å². The van der Waals surface area contributed by atoms with Crippen molar-refractivity contribution in [2.24, 2.45) is 0 Å². The first-order chi connectivity index (χ1) is 7.09. The fourth-order valence-corrected chi connectivity index (χ4v) is 2.49. The molecule has 2 rings (SSSR count). The zero-order valence-electron chi connectivity index (χ0n) is 7.30. The Balaban J connectivity index is 2.88. The molecule has 0 aliphatic carbocycles. The molecule has 1 aromatic heterocycles. The molecule has 76 valence electrons. The van der Waals surface area contributed by atoms with Crippen LogP contribution in [-0.4, -0.2) is 10.2 Å². The molecule has 0 saturated carbocycles. The van der Waals surface area contributed by atoms with Crippen LogP contribution in [0.4, 0.5) is 0 Å². The number of carbonyl (C=O) groups is 1. The molecule has 0 N–H and O–H groups in total. The van der Waals surface area contributed by atoms with Crippen molar-refractivity contribution in [2.45, 2.75) is 0 Å². The Hall–Kier alpha value is -0.450. The van der Waals surface area contributed by atoms with Crippen LogP contribution in [0.25, 0.3) is 10.9 Å². The van der Waals surface area contributed by atoms with E-state index in [-0.39, 0.29) is 0 Å². The number of benzene rings is 1. The summed E-state index contributed by atoms with van der Waals surface area (Å²) in [6, 6.07) is 5.55. The number of nitrogens with zero attached hydrogens (tertiary/aromatic N) is 1. The highest BCUT2D eigenvalue weighted by molar-refractivity contribution is 9.10. The summed E-state index contributed by atoms with van der Waals surface area (Å²) < 4.78 is 1.52. The molecule has 0 spiro atoms. The summed E-state index contributed by atoms with van der Waals surface area (Å²) in [4.78, 5) is 15.4. The Morgan fingerprint density at radius 2 is 2.07 bits per heavy atom. The molecular weight excluding hydrogens is 345 g/mol. The fraction of sp³-hybridized carbons (Fsp3) is 0. The van der Waals surface area contributed by atoms with E-state index in [9.17, 15) is 4.79 Å². The van der Waals surface area contributed by atoms with E-state index in [1.54, 1.807) is 12.3 Å².